The number of rotatable bonds is 5. The largest absolute Gasteiger partial charge is 0.494 e. The van der Waals surface area contributed by atoms with E-state index in [0.29, 0.717) is 0 Å². The normalized spacial score (nSPS) is 14.0. The summed E-state index contributed by atoms with van der Waals surface area (Å²) in [5.74, 6) is -0.676. The minimum Gasteiger partial charge on any atom is -0.494 e. The molecule has 0 saturated carbocycles. The topological polar surface area (TPSA) is 91.3 Å². The number of benzene rings is 1. The van der Waals surface area contributed by atoms with Crippen LogP contribution >= 0.6 is 11.6 Å². The third-order valence-corrected chi connectivity index (χ3v) is 3.90. The number of aromatic nitrogens is 1. The maximum atomic E-state index is 13.4. The smallest absolute Gasteiger partial charge is 0.418 e. The fourth-order valence-electron chi connectivity index (χ4n) is 2.23. The van der Waals surface area contributed by atoms with Gasteiger partial charge in [-0.15, -0.1) is 0 Å². The molecule has 2 aromatic rings. The van der Waals surface area contributed by atoms with Gasteiger partial charge in [-0.1, -0.05) is 11.6 Å². The van der Waals surface area contributed by atoms with E-state index in [0.717, 1.165) is 24.3 Å². The Morgan fingerprint density at radius 1 is 1.31 bits per heavy atom. The van der Waals surface area contributed by atoms with Crippen LogP contribution in [0.4, 0.5) is 17.6 Å². The summed E-state index contributed by atoms with van der Waals surface area (Å²) in [5, 5.41) is 10.4. The second-order valence-corrected chi connectivity index (χ2v) is 5.74. The summed E-state index contributed by atoms with van der Waals surface area (Å²) < 4.78 is 58.6. The Balaban J connectivity index is 2.68. The van der Waals surface area contributed by atoms with Crippen LogP contribution in [0.25, 0.3) is 11.3 Å². The van der Waals surface area contributed by atoms with E-state index in [-0.39, 0.29) is 22.0 Å². The van der Waals surface area contributed by atoms with Gasteiger partial charge in [-0.2, -0.15) is 13.2 Å². The van der Waals surface area contributed by atoms with Crippen molar-refractivity contribution in [1.82, 2.24) is 4.98 Å². The van der Waals surface area contributed by atoms with E-state index in [4.69, 9.17) is 22.1 Å². The maximum Gasteiger partial charge on any atom is 0.418 e. The molecule has 6 nitrogen and oxygen atoms in total. The van der Waals surface area contributed by atoms with Gasteiger partial charge in [0.05, 0.1) is 17.8 Å². The van der Waals surface area contributed by atoms with Crippen LogP contribution in [0.3, 0.4) is 0 Å². The molecular weight excluding hydrogens is 382 g/mol. The van der Waals surface area contributed by atoms with Crippen molar-refractivity contribution in [2.45, 2.75) is 11.7 Å². The highest BCUT2D eigenvalue weighted by atomic mass is 35.5. The van der Waals surface area contributed by atoms with Crippen LogP contribution < -0.4 is 10.5 Å². The number of nitrogens with two attached hydrogens (primary N) is 1. The molecule has 11 heteroatoms. The van der Waals surface area contributed by atoms with Crippen LogP contribution in [0, 0.1) is 15.9 Å². The summed E-state index contributed by atoms with van der Waals surface area (Å²) in [6.07, 6.45) is -5.14. The van der Waals surface area contributed by atoms with Crippen LogP contribution in [0.2, 0.25) is 5.02 Å². The van der Waals surface area contributed by atoms with Gasteiger partial charge in [0.25, 0.3) is 0 Å². The van der Waals surface area contributed by atoms with Crippen molar-refractivity contribution in [1.29, 1.82) is 0 Å². The Labute approximate surface area is 149 Å². The number of ether oxygens (including phenoxy) is 1. The quantitative estimate of drug-likeness (QED) is 0.476. The zero-order chi connectivity index (χ0) is 19.7. The molecule has 0 amide bonds. The Hall–Kier alpha value is -2.46. The summed E-state index contributed by atoms with van der Waals surface area (Å²) in [5.41, 5.74) is 1.27. The highest BCUT2D eigenvalue weighted by molar-refractivity contribution is 6.31. The summed E-state index contributed by atoms with van der Waals surface area (Å²) in [6, 6.07) is 5.41. The van der Waals surface area contributed by atoms with Gasteiger partial charge < -0.3 is 10.5 Å². The van der Waals surface area contributed by atoms with Crippen molar-refractivity contribution in [3.8, 4) is 17.0 Å². The average Bonchev–Trinajstić information content (AvgIpc) is 2.55. The lowest BCUT2D eigenvalue weighted by molar-refractivity contribution is -0.501. The van der Waals surface area contributed by atoms with Gasteiger partial charge in [-0.05, 0) is 30.3 Å². The second-order valence-electron chi connectivity index (χ2n) is 5.34. The van der Waals surface area contributed by atoms with Crippen molar-refractivity contribution in [3.05, 3.63) is 57.0 Å². The minimum atomic E-state index is -5.14. The van der Waals surface area contributed by atoms with E-state index in [1.54, 1.807) is 0 Å². The van der Waals surface area contributed by atoms with Crippen molar-refractivity contribution >= 4 is 11.6 Å². The van der Waals surface area contributed by atoms with Crippen LogP contribution in [0.1, 0.15) is 5.69 Å². The monoisotopic (exact) mass is 393 g/mol. The SMILES string of the molecule is COc1ccc(C(N)(C[N+](=O)[O-])C(F)(F)F)nc1-c1ccc(F)c(Cl)c1. The molecule has 1 heterocycles. The standard InChI is InChI=1S/C15H12ClF4N3O3/c1-26-11-4-5-12(14(21,7-23(24)25)15(18,19)20)22-13(11)8-2-3-10(17)9(16)6-8/h2-6H,7,21H2,1H3. The van der Waals surface area contributed by atoms with Gasteiger partial charge in [-0.25, -0.2) is 9.37 Å². The van der Waals surface area contributed by atoms with E-state index in [9.17, 15) is 27.7 Å². The molecule has 26 heavy (non-hydrogen) atoms. The highest BCUT2D eigenvalue weighted by Crippen LogP contribution is 2.39. The Morgan fingerprint density at radius 2 is 1.96 bits per heavy atom. The van der Waals surface area contributed by atoms with Gasteiger partial charge in [0.1, 0.15) is 17.3 Å². The molecule has 2 rings (SSSR count). The number of nitro groups is 1. The molecule has 1 atom stereocenters. The molecule has 1 unspecified atom stereocenters. The number of hydrogen-bond donors (Lipinski definition) is 1. The lowest BCUT2D eigenvalue weighted by Crippen LogP contribution is -2.55. The van der Waals surface area contributed by atoms with Gasteiger partial charge >= 0.3 is 6.18 Å². The predicted octanol–water partition coefficient (Wildman–Crippen LogP) is 3.54. The molecule has 0 radical (unpaired) electrons. The first-order valence-corrected chi connectivity index (χ1v) is 7.35. The van der Waals surface area contributed by atoms with Gasteiger partial charge in [0.15, 0.2) is 0 Å². The first kappa shape index (κ1) is 19.9. The fraction of sp³-hybridized carbons (Fsp3) is 0.267. The van der Waals surface area contributed by atoms with Crippen LogP contribution in [0.5, 0.6) is 5.75 Å². The lowest BCUT2D eigenvalue weighted by atomic mass is 9.94. The van der Waals surface area contributed by atoms with E-state index in [2.05, 4.69) is 4.98 Å². The number of alkyl halides is 3. The summed E-state index contributed by atoms with van der Waals surface area (Å²) in [7, 11) is 1.25. The molecular formula is C15H12ClF4N3O3. The highest BCUT2D eigenvalue weighted by Gasteiger charge is 2.58. The Bertz CT molecular complexity index is 847. The Morgan fingerprint density at radius 3 is 2.46 bits per heavy atom. The van der Waals surface area contributed by atoms with Crippen molar-refractivity contribution in [3.63, 3.8) is 0 Å². The number of methoxy groups -OCH3 is 1. The van der Waals surface area contributed by atoms with E-state index in [1.165, 1.54) is 13.2 Å². The lowest BCUT2D eigenvalue weighted by Gasteiger charge is -2.28. The molecule has 0 aliphatic heterocycles. The molecule has 0 aliphatic carbocycles. The molecule has 0 saturated heterocycles. The van der Waals surface area contributed by atoms with Gasteiger partial charge in [0, 0.05) is 10.5 Å². The maximum absolute atomic E-state index is 13.4. The third kappa shape index (κ3) is 3.70. The van der Waals surface area contributed by atoms with E-state index < -0.39 is 34.7 Å². The summed E-state index contributed by atoms with van der Waals surface area (Å²) >= 11 is 5.69. The van der Waals surface area contributed by atoms with Gasteiger partial charge in [-0.3, -0.25) is 10.1 Å². The number of halogens is 5. The first-order chi connectivity index (χ1) is 12.0. The van der Waals surface area contributed by atoms with Crippen LogP contribution in [0.15, 0.2) is 30.3 Å². The molecule has 0 aliphatic rings. The summed E-state index contributed by atoms with van der Waals surface area (Å²) in [6.45, 7) is -1.61. The van der Waals surface area contributed by atoms with Gasteiger partial charge in [0.2, 0.25) is 12.1 Å². The number of nitrogens with zero attached hydrogens (tertiary/aromatic N) is 2. The number of hydrogen-bond acceptors (Lipinski definition) is 5. The third-order valence-electron chi connectivity index (χ3n) is 3.61. The molecule has 140 valence electrons. The van der Waals surface area contributed by atoms with Crippen LogP contribution in [-0.4, -0.2) is 29.7 Å². The first-order valence-electron chi connectivity index (χ1n) is 6.98. The summed E-state index contributed by atoms with van der Waals surface area (Å²) in [4.78, 5) is 13.4. The van der Waals surface area contributed by atoms with Crippen molar-refractivity contribution in [2.75, 3.05) is 13.7 Å². The van der Waals surface area contributed by atoms with E-state index >= 15 is 0 Å². The fourth-order valence-corrected chi connectivity index (χ4v) is 2.41. The molecule has 2 N–H and O–H groups in total. The van der Waals surface area contributed by atoms with Crippen molar-refractivity contribution in [2.24, 2.45) is 5.73 Å². The molecule has 1 aromatic heterocycles. The van der Waals surface area contributed by atoms with E-state index in [1.807, 2.05) is 0 Å². The molecule has 0 spiro atoms. The minimum absolute atomic E-state index is 0.0575. The zero-order valence-corrected chi connectivity index (χ0v) is 13.9. The van der Waals surface area contributed by atoms with Crippen LogP contribution in [-0.2, 0) is 5.54 Å². The predicted molar refractivity (Wildman–Crippen MR) is 85.0 cm³/mol. The van der Waals surface area contributed by atoms with Crippen molar-refractivity contribution < 1.29 is 27.2 Å². The molecule has 0 fully saturated rings. The Kier molecular flexibility index (Phi) is 5.38. The zero-order valence-electron chi connectivity index (χ0n) is 13.2. The molecule has 1 aromatic carbocycles. The average molecular weight is 394 g/mol. The molecule has 0 bridgehead atoms. The second kappa shape index (κ2) is 7.04. The number of pyridine rings is 1.